The normalized spacial score (nSPS) is 14.6. The molecule has 4 amide bonds. The number of rotatable bonds is 14. The molecule has 0 radical (unpaired) electrons. The van der Waals surface area contributed by atoms with Gasteiger partial charge in [0.15, 0.2) is 0 Å². The number of para-hydroxylation sites is 2. The van der Waals surface area contributed by atoms with Gasteiger partial charge in [0.25, 0.3) is 27.7 Å². The highest BCUT2D eigenvalue weighted by Crippen LogP contribution is 2.34. The Hall–Kier alpha value is -7.56. The fourth-order valence-corrected chi connectivity index (χ4v) is 11.1. The van der Waals surface area contributed by atoms with Crippen molar-refractivity contribution in [2.24, 2.45) is 13.0 Å². The predicted octanol–water partition coefficient (Wildman–Crippen LogP) is 9.49. The molecule has 360 valence electrons. The molecule has 70 heavy (non-hydrogen) atoms. The van der Waals surface area contributed by atoms with Crippen LogP contribution in [0, 0.1) is 12.8 Å². The molecule has 1 unspecified atom stereocenters. The Morgan fingerprint density at radius 3 is 1.96 bits per heavy atom. The first-order valence-corrected chi connectivity index (χ1v) is 25.7. The molecule has 1 atom stereocenters. The second-order valence-electron chi connectivity index (χ2n) is 17.0. The largest absolute Gasteiger partial charge is 0.496 e. The van der Waals surface area contributed by atoms with E-state index >= 15 is 0 Å². The number of carbonyl (C=O) groups excluding carboxylic acids is 4. The first kappa shape index (κ1) is 48.9. The van der Waals surface area contributed by atoms with Crippen LogP contribution < -0.4 is 24.8 Å². The van der Waals surface area contributed by atoms with Gasteiger partial charge in [-0.05, 0) is 129 Å². The summed E-state index contributed by atoms with van der Waals surface area (Å²) in [4.78, 5) is 52.5. The van der Waals surface area contributed by atoms with Crippen LogP contribution in [0.15, 0.2) is 168 Å². The number of hydrogen-bond acceptors (Lipinski definition) is 9. The average molecular weight is 980 g/mol. The van der Waals surface area contributed by atoms with E-state index in [1.807, 2.05) is 90.6 Å². The van der Waals surface area contributed by atoms with Crippen LogP contribution in [0.25, 0.3) is 10.9 Å². The van der Waals surface area contributed by atoms with Crippen molar-refractivity contribution in [2.75, 3.05) is 28.2 Å². The smallest absolute Gasteiger partial charge is 0.411 e. The average Bonchev–Trinajstić information content (AvgIpc) is 4.06. The lowest BCUT2D eigenvalue weighted by Gasteiger charge is -2.27. The van der Waals surface area contributed by atoms with E-state index in [4.69, 9.17) is 9.47 Å². The molecule has 2 aliphatic rings. The minimum absolute atomic E-state index is 0.0221. The van der Waals surface area contributed by atoms with Crippen molar-refractivity contribution in [3.8, 4) is 5.75 Å². The number of nitrogens with one attached hydrogen (secondary N) is 2. The van der Waals surface area contributed by atoms with E-state index < -0.39 is 38.7 Å². The summed E-state index contributed by atoms with van der Waals surface area (Å²) in [6, 6.07) is 44.4. The van der Waals surface area contributed by atoms with Crippen LogP contribution >= 0.6 is 0 Å². The molecule has 2 heterocycles. The van der Waals surface area contributed by atoms with Crippen molar-refractivity contribution in [1.82, 2.24) is 9.29 Å². The van der Waals surface area contributed by atoms with Crippen molar-refractivity contribution < 1.29 is 41.3 Å². The number of anilines is 3. The molecule has 1 aliphatic carbocycles. The number of carbonyl (C=O) groups is 4. The summed E-state index contributed by atoms with van der Waals surface area (Å²) in [6.45, 7) is 1.67. The second-order valence-corrected chi connectivity index (χ2v) is 20.2. The van der Waals surface area contributed by atoms with E-state index in [1.54, 1.807) is 73.7 Å². The minimum Gasteiger partial charge on any atom is -0.496 e. The number of amides is 4. The van der Waals surface area contributed by atoms with Crippen LogP contribution in [0.1, 0.15) is 59.2 Å². The maximum absolute atomic E-state index is 13.2. The lowest BCUT2D eigenvalue weighted by atomic mass is 10.0. The molecule has 16 heteroatoms. The summed E-state index contributed by atoms with van der Waals surface area (Å²) >= 11 is 0. The Bertz CT molecular complexity index is 3100. The van der Waals surface area contributed by atoms with E-state index in [0.29, 0.717) is 39.7 Å². The van der Waals surface area contributed by atoms with Gasteiger partial charge in [-0.2, -0.15) is 0 Å². The number of benzene rings is 6. The molecule has 9 rings (SSSR count). The summed E-state index contributed by atoms with van der Waals surface area (Å²) in [5, 5.41) is 6.66. The van der Waals surface area contributed by atoms with Crippen molar-refractivity contribution in [2.45, 2.75) is 61.3 Å². The van der Waals surface area contributed by atoms with Gasteiger partial charge in [0, 0.05) is 52.5 Å². The summed E-state index contributed by atoms with van der Waals surface area (Å²) in [7, 11) is -1.85. The molecule has 0 bridgehead atoms. The standard InChI is InChI=1S/C31H33N3O6S.C23H20N2O3S/c1-20-8-4-7-11-29(20)41(37,38)33-30(35)22-13-12-21(28(17-22)39-3)16-23-19-34(2)27-15-14-24(18-26(23)27)32-31(36)40-25-9-5-6-10-25;26-22-21(16-17-29(28)20-14-8-3-9-15-20)23(27)25(19-12-6-2-7-13-19)24(22)18-10-4-1-5-11-18/h4,7-8,11-15,17-19,25H,5-6,9-10,16H2,1-3H3,(H,32,36)(H,33,35);1-15,21H,16-17H2. The Labute approximate surface area is 409 Å². The lowest BCUT2D eigenvalue weighted by molar-refractivity contribution is -0.127. The quantitative estimate of drug-likeness (QED) is 0.101. The number of sulfonamides is 1. The first-order valence-electron chi connectivity index (χ1n) is 22.9. The van der Waals surface area contributed by atoms with Gasteiger partial charge in [0.2, 0.25) is 0 Å². The zero-order valence-corrected chi connectivity index (χ0v) is 40.6. The summed E-state index contributed by atoms with van der Waals surface area (Å²) in [6.07, 6.45) is 6.23. The molecular formula is C54H53N5O9S2. The molecule has 1 saturated carbocycles. The van der Waals surface area contributed by atoms with Gasteiger partial charge in [0.1, 0.15) is 17.8 Å². The Balaban J connectivity index is 0.000000200. The zero-order chi connectivity index (χ0) is 49.4. The summed E-state index contributed by atoms with van der Waals surface area (Å²) in [5.74, 6) is -1.49. The molecule has 1 aromatic heterocycles. The fraction of sp³-hybridized carbons (Fsp3) is 0.222. The van der Waals surface area contributed by atoms with Crippen LogP contribution in [-0.4, -0.2) is 60.0 Å². The molecule has 2 fully saturated rings. The molecule has 1 aliphatic heterocycles. The van der Waals surface area contributed by atoms with Gasteiger partial charge in [-0.3, -0.25) is 23.9 Å². The number of fused-ring (bicyclic) bond motifs is 1. The van der Waals surface area contributed by atoms with E-state index in [1.165, 1.54) is 29.3 Å². The number of aromatic nitrogens is 1. The van der Waals surface area contributed by atoms with Crippen molar-refractivity contribution in [1.29, 1.82) is 0 Å². The Kier molecular flexibility index (Phi) is 15.2. The highest BCUT2D eigenvalue weighted by Gasteiger charge is 2.47. The lowest BCUT2D eigenvalue weighted by Crippen LogP contribution is -2.41. The van der Waals surface area contributed by atoms with Gasteiger partial charge >= 0.3 is 6.09 Å². The molecule has 6 aromatic carbocycles. The number of hydrazine groups is 1. The third-order valence-corrected chi connectivity index (χ3v) is 15.1. The summed E-state index contributed by atoms with van der Waals surface area (Å²) < 4.78 is 53.5. The zero-order valence-electron chi connectivity index (χ0n) is 38.9. The van der Waals surface area contributed by atoms with Crippen molar-refractivity contribution in [3.05, 3.63) is 180 Å². The number of methoxy groups -OCH3 is 1. The predicted molar refractivity (Wildman–Crippen MR) is 271 cm³/mol. The van der Waals surface area contributed by atoms with Crippen LogP contribution in [0.3, 0.4) is 0 Å². The van der Waals surface area contributed by atoms with Crippen LogP contribution in [-0.2, 0) is 48.6 Å². The molecule has 1 saturated heterocycles. The highest BCUT2D eigenvalue weighted by atomic mass is 32.2. The minimum atomic E-state index is -4.04. The van der Waals surface area contributed by atoms with E-state index in [9.17, 15) is 31.8 Å². The molecular weight excluding hydrogens is 927 g/mol. The Morgan fingerprint density at radius 2 is 1.34 bits per heavy atom. The summed E-state index contributed by atoms with van der Waals surface area (Å²) in [5.41, 5.74) is 5.40. The van der Waals surface area contributed by atoms with E-state index in [0.717, 1.165) is 47.7 Å². The number of hydrogen-bond donors (Lipinski definition) is 2. The molecule has 14 nitrogen and oxygen atoms in total. The van der Waals surface area contributed by atoms with Gasteiger partial charge < -0.3 is 14.0 Å². The number of ether oxygens (including phenoxy) is 2. The van der Waals surface area contributed by atoms with Crippen LogP contribution in [0.5, 0.6) is 5.75 Å². The van der Waals surface area contributed by atoms with Gasteiger partial charge in [-0.15, -0.1) is 0 Å². The van der Waals surface area contributed by atoms with E-state index in [-0.39, 0.29) is 40.6 Å². The van der Waals surface area contributed by atoms with Crippen LogP contribution in [0.4, 0.5) is 21.9 Å². The van der Waals surface area contributed by atoms with Crippen molar-refractivity contribution in [3.63, 3.8) is 0 Å². The maximum atomic E-state index is 13.2. The molecule has 2 N–H and O–H groups in total. The van der Waals surface area contributed by atoms with Crippen molar-refractivity contribution >= 4 is 72.6 Å². The first-order chi connectivity index (χ1) is 33.8. The third-order valence-electron chi connectivity index (χ3n) is 12.2. The highest BCUT2D eigenvalue weighted by molar-refractivity contribution is 7.90. The molecule has 0 spiro atoms. The Morgan fingerprint density at radius 1 is 0.743 bits per heavy atom. The van der Waals surface area contributed by atoms with Crippen LogP contribution in [0.2, 0.25) is 0 Å². The van der Waals surface area contributed by atoms with Gasteiger partial charge in [0.05, 0.1) is 34.2 Å². The molecule has 7 aromatic rings. The van der Waals surface area contributed by atoms with E-state index in [2.05, 4.69) is 10.0 Å². The SMILES string of the molecule is COc1cc(C(=O)NS(=O)(=O)c2ccccc2C)ccc1Cc1cn(C)c2ccc(NC(=O)OC3CCCC3)cc12.O=C1C(CCS(=O)c2ccccc2)C(=O)N(c2ccccc2)N1c1ccccc1. The number of aryl methyl sites for hydroxylation is 2. The van der Waals surface area contributed by atoms with Gasteiger partial charge in [-0.25, -0.2) is 28.0 Å². The van der Waals surface area contributed by atoms with Gasteiger partial charge in [-0.1, -0.05) is 78.9 Å². The monoisotopic (exact) mass is 979 g/mol. The maximum Gasteiger partial charge on any atom is 0.411 e. The second kappa shape index (κ2) is 21.8. The fourth-order valence-electron chi connectivity index (χ4n) is 8.71. The number of nitrogens with zero attached hydrogens (tertiary/aromatic N) is 3. The third kappa shape index (κ3) is 11.1. The topological polar surface area (TPSA) is 173 Å².